The fraction of sp³-hybridized carbons (Fsp3) is 0.381. The Morgan fingerprint density at radius 3 is 2.10 bits per heavy atom. The number of anilines is 3. The molecule has 30 heavy (non-hydrogen) atoms. The van der Waals surface area contributed by atoms with Crippen molar-refractivity contribution in [3.05, 3.63) is 58.1 Å². The van der Waals surface area contributed by atoms with Crippen molar-refractivity contribution in [2.45, 2.75) is 0 Å². The van der Waals surface area contributed by atoms with Gasteiger partial charge in [0, 0.05) is 49.7 Å². The normalized spacial score (nSPS) is 16.9. The van der Waals surface area contributed by atoms with E-state index in [9.17, 15) is 14.9 Å². The molecule has 4 rings (SSSR count). The second-order valence-electron chi connectivity index (χ2n) is 7.16. The van der Waals surface area contributed by atoms with Crippen molar-refractivity contribution in [3.8, 4) is 0 Å². The SMILES string of the molecule is O=C(Nc1ccc(N2CCOCC2)cc1)c1cc([N+](=O)[O-])ccc1N1CCOCC1. The number of carbonyl (C=O) groups excluding carboxylic acids is 1. The van der Waals surface area contributed by atoms with E-state index in [1.165, 1.54) is 12.1 Å². The zero-order chi connectivity index (χ0) is 20.9. The zero-order valence-corrected chi connectivity index (χ0v) is 16.6. The quantitative estimate of drug-likeness (QED) is 0.595. The molecule has 2 aromatic rings. The molecule has 2 fully saturated rings. The molecule has 0 spiro atoms. The van der Waals surface area contributed by atoms with Gasteiger partial charge in [0.2, 0.25) is 0 Å². The zero-order valence-electron chi connectivity index (χ0n) is 16.6. The Morgan fingerprint density at radius 1 is 0.900 bits per heavy atom. The van der Waals surface area contributed by atoms with Crippen molar-refractivity contribution in [1.29, 1.82) is 0 Å². The van der Waals surface area contributed by atoms with Gasteiger partial charge in [-0.15, -0.1) is 0 Å². The molecule has 9 heteroatoms. The van der Waals surface area contributed by atoms with Gasteiger partial charge in [0.25, 0.3) is 11.6 Å². The molecule has 0 atom stereocenters. The highest BCUT2D eigenvalue weighted by atomic mass is 16.6. The first-order valence-corrected chi connectivity index (χ1v) is 9.97. The van der Waals surface area contributed by atoms with Crippen LogP contribution >= 0.6 is 0 Å². The molecule has 2 saturated heterocycles. The number of benzene rings is 2. The van der Waals surface area contributed by atoms with Crippen LogP contribution in [0, 0.1) is 10.1 Å². The summed E-state index contributed by atoms with van der Waals surface area (Å²) < 4.78 is 10.8. The summed E-state index contributed by atoms with van der Waals surface area (Å²) in [6, 6.07) is 12.0. The molecule has 1 amide bonds. The van der Waals surface area contributed by atoms with E-state index in [1.54, 1.807) is 6.07 Å². The summed E-state index contributed by atoms with van der Waals surface area (Å²) in [5.74, 6) is -0.376. The van der Waals surface area contributed by atoms with Crippen molar-refractivity contribution in [3.63, 3.8) is 0 Å². The minimum absolute atomic E-state index is 0.111. The van der Waals surface area contributed by atoms with Gasteiger partial charge in [-0.05, 0) is 30.3 Å². The molecule has 2 heterocycles. The van der Waals surface area contributed by atoms with Crippen LogP contribution < -0.4 is 15.1 Å². The van der Waals surface area contributed by atoms with Gasteiger partial charge in [0.15, 0.2) is 0 Å². The van der Waals surface area contributed by atoms with Crippen LogP contribution in [0.2, 0.25) is 0 Å². The van der Waals surface area contributed by atoms with E-state index in [4.69, 9.17) is 9.47 Å². The number of nitrogens with one attached hydrogen (secondary N) is 1. The molecule has 2 aliphatic heterocycles. The Morgan fingerprint density at radius 2 is 1.50 bits per heavy atom. The molecule has 2 aromatic carbocycles. The van der Waals surface area contributed by atoms with Gasteiger partial charge in [-0.3, -0.25) is 14.9 Å². The van der Waals surface area contributed by atoms with Gasteiger partial charge in [0.05, 0.1) is 42.6 Å². The fourth-order valence-electron chi connectivity index (χ4n) is 3.68. The molecule has 0 aromatic heterocycles. The summed E-state index contributed by atoms with van der Waals surface area (Å²) in [5.41, 5.74) is 2.55. The van der Waals surface area contributed by atoms with Crippen LogP contribution in [-0.4, -0.2) is 63.4 Å². The van der Waals surface area contributed by atoms with E-state index in [-0.39, 0.29) is 17.2 Å². The smallest absolute Gasteiger partial charge is 0.270 e. The average Bonchev–Trinajstić information content (AvgIpc) is 2.80. The first-order valence-electron chi connectivity index (χ1n) is 9.97. The van der Waals surface area contributed by atoms with Crippen molar-refractivity contribution >= 4 is 28.7 Å². The third-order valence-electron chi connectivity index (χ3n) is 5.29. The van der Waals surface area contributed by atoms with E-state index in [0.717, 1.165) is 18.8 Å². The molecular weight excluding hydrogens is 388 g/mol. The number of nitro benzene ring substituents is 1. The minimum Gasteiger partial charge on any atom is -0.378 e. The predicted molar refractivity (Wildman–Crippen MR) is 114 cm³/mol. The van der Waals surface area contributed by atoms with Crippen LogP contribution in [0.4, 0.5) is 22.7 Å². The molecule has 2 aliphatic rings. The third-order valence-corrected chi connectivity index (χ3v) is 5.29. The molecular formula is C21H24N4O5. The number of ether oxygens (including phenoxy) is 2. The Kier molecular flexibility index (Phi) is 6.10. The van der Waals surface area contributed by atoms with Crippen LogP contribution in [0.5, 0.6) is 0 Å². The lowest BCUT2D eigenvalue weighted by Crippen LogP contribution is -2.37. The summed E-state index contributed by atoms with van der Waals surface area (Å²) >= 11 is 0. The minimum atomic E-state index is -0.489. The second-order valence-corrected chi connectivity index (χ2v) is 7.16. The van der Waals surface area contributed by atoms with Crippen LogP contribution in [0.25, 0.3) is 0 Å². The Balaban J connectivity index is 1.54. The highest BCUT2D eigenvalue weighted by Crippen LogP contribution is 2.28. The van der Waals surface area contributed by atoms with Gasteiger partial charge < -0.3 is 24.6 Å². The maximum atomic E-state index is 13.0. The maximum Gasteiger partial charge on any atom is 0.270 e. The Hall–Kier alpha value is -3.17. The van der Waals surface area contributed by atoms with Crippen LogP contribution in [0.1, 0.15) is 10.4 Å². The molecule has 158 valence electrons. The number of rotatable bonds is 5. The second kappa shape index (κ2) is 9.10. The van der Waals surface area contributed by atoms with E-state index < -0.39 is 4.92 Å². The molecule has 0 radical (unpaired) electrons. The predicted octanol–water partition coefficient (Wildman–Crippen LogP) is 2.52. The highest BCUT2D eigenvalue weighted by Gasteiger charge is 2.22. The number of non-ortho nitro benzene ring substituents is 1. The number of nitrogens with zero attached hydrogens (tertiary/aromatic N) is 3. The first kappa shape index (κ1) is 20.1. The maximum absolute atomic E-state index is 13.0. The monoisotopic (exact) mass is 412 g/mol. The average molecular weight is 412 g/mol. The summed E-state index contributed by atoms with van der Waals surface area (Å²) in [7, 11) is 0. The van der Waals surface area contributed by atoms with E-state index in [1.807, 2.05) is 29.2 Å². The number of carbonyl (C=O) groups is 1. The number of hydrogen-bond acceptors (Lipinski definition) is 7. The topological polar surface area (TPSA) is 97.2 Å². The fourth-order valence-corrected chi connectivity index (χ4v) is 3.68. The van der Waals surface area contributed by atoms with Crippen LogP contribution in [0.3, 0.4) is 0 Å². The Labute approximate surface area is 174 Å². The number of morpholine rings is 2. The van der Waals surface area contributed by atoms with Gasteiger partial charge in [0.1, 0.15) is 0 Å². The van der Waals surface area contributed by atoms with E-state index >= 15 is 0 Å². The Bertz CT molecular complexity index is 906. The lowest BCUT2D eigenvalue weighted by atomic mass is 10.1. The number of amides is 1. The molecule has 9 nitrogen and oxygen atoms in total. The van der Waals surface area contributed by atoms with Gasteiger partial charge in [-0.2, -0.15) is 0 Å². The van der Waals surface area contributed by atoms with Gasteiger partial charge in [-0.1, -0.05) is 0 Å². The molecule has 0 bridgehead atoms. The molecule has 0 unspecified atom stereocenters. The van der Waals surface area contributed by atoms with Crippen molar-refractivity contribution < 1.29 is 19.2 Å². The van der Waals surface area contributed by atoms with Gasteiger partial charge >= 0.3 is 0 Å². The lowest BCUT2D eigenvalue weighted by molar-refractivity contribution is -0.384. The first-order chi connectivity index (χ1) is 14.6. The molecule has 1 N–H and O–H groups in total. The van der Waals surface area contributed by atoms with Crippen molar-refractivity contribution in [2.75, 3.05) is 67.7 Å². The summed E-state index contributed by atoms with van der Waals surface area (Å²) in [6.45, 7) is 5.45. The summed E-state index contributed by atoms with van der Waals surface area (Å²) in [4.78, 5) is 28.0. The lowest BCUT2D eigenvalue weighted by Gasteiger charge is -2.30. The van der Waals surface area contributed by atoms with Crippen LogP contribution in [0.15, 0.2) is 42.5 Å². The van der Waals surface area contributed by atoms with Gasteiger partial charge in [-0.25, -0.2) is 0 Å². The van der Waals surface area contributed by atoms with E-state index in [0.29, 0.717) is 50.9 Å². The standard InChI is InChI=1S/C21H24N4O5/c26-21(22-16-1-3-17(4-2-16)23-7-11-29-12-8-23)19-15-18(25(27)28)5-6-20(19)24-9-13-30-14-10-24/h1-6,15H,7-14H2,(H,22,26). The van der Waals surface area contributed by atoms with Crippen molar-refractivity contribution in [1.82, 2.24) is 0 Å². The largest absolute Gasteiger partial charge is 0.378 e. The highest BCUT2D eigenvalue weighted by molar-refractivity contribution is 6.08. The molecule has 0 aliphatic carbocycles. The van der Waals surface area contributed by atoms with Crippen LogP contribution in [-0.2, 0) is 9.47 Å². The number of hydrogen-bond donors (Lipinski definition) is 1. The third kappa shape index (κ3) is 4.52. The molecule has 0 saturated carbocycles. The van der Waals surface area contributed by atoms with Crippen molar-refractivity contribution in [2.24, 2.45) is 0 Å². The van der Waals surface area contributed by atoms with E-state index in [2.05, 4.69) is 10.2 Å². The summed E-state index contributed by atoms with van der Waals surface area (Å²) in [5, 5.41) is 14.1. The summed E-state index contributed by atoms with van der Waals surface area (Å²) in [6.07, 6.45) is 0. The number of nitro groups is 1.